The topological polar surface area (TPSA) is 124 Å². The molecule has 1 aromatic rings. The first-order valence-corrected chi connectivity index (χ1v) is 17.4. The van der Waals surface area contributed by atoms with E-state index >= 15 is 0 Å². The number of carboxylic acid groups (broad SMARTS) is 1. The number of hydrogen-bond acceptors (Lipinski definition) is 6. The maximum atomic E-state index is 13.0. The van der Waals surface area contributed by atoms with Gasteiger partial charge in [-0.15, -0.1) is 0 Å². The molecular formula is C39H54O7. The lowest BCUT2D eigenvalue weighted by molar-refractivity contribution is -0.265. The summed E-state index contributed by atoms with van der Waals surface area (Å²) < 4.78 is 6.02. The molecule has 11 atom stereocenters. The first-order valence-electron chi connectivity index (χ1n) is 17.4. The molecule has 1 aromatic carbocycles. The van der Waals surface area contributed by atoms with E-state index in [1.54, 1.807) is 6.07 Å². The molecule has 0 bridgehead atoms. The van der Waals surface area contributed by atoms with Gasteiger partial charge in [-0.3, -0.25) is 4.79 Å². The van der Waals surface area contributed by atoms with Gasteiger partial charge in [0.2, 0.25) is 0 Å². The van der Waals surface area contributed by atoms with Gasteiger partial charge in [0.1, 0.15) is 6.10 Å². The molecule has 4 N–H and O–H groups in total. The Bertz CT molecular complexity index is 1460. The molecule has 0 heterocycles. The van der Waals surface area contributed by atoms with Crippen molar-refractivity contribution in [3.63, 3.8) is 0 Å². The Hall–Kier alpha value is -2.80. The standard InChI is InChI=1S/C39H54O7/c1-22(2)24-14-17-39(34(44)45)19-18-37(6)25(32(24)39)10-12-30-36(5)21-28(42)33(35(3,4)29(36)15-16-38(30,37)7)46-31(43)13-9-23-8-11-26(40)27(41)20-23/h8-9,11,13,20,24-25,28-30,32-33,40-42H,1,10,12,14-19,21H2,2-7H3,(H,44,45)/b13-9+/t24?,25-,28-,29?,30?,32?,33+,36+,37-,38-,39+/m1/s1. The number of benzene rings is 1. The van der Waals surface area contributed by atoms with Gasteiger partial charge in [-0.2, -0.15) is 0 Å². The van der Waals surface area contributed by atoms with E-state index in [9.17, 15) is 30.0 Å². The lowest BCUT2D eigenvalue weighted by Gasteiger charge is -2.73. The van der Waals surface area contributed by atoms with Crippen molar-refractivity contribution in [2.45, 2.75) is 112 Å². The predicted octanol–water partition coefficient (Wildman–Crippen LogP) is 7.74. The lowest BCUT2D eigenvalue weighted by atomic mass is 9.32. The number of fused-ring (bicyclic) bond motifs is 7. The summed E-state index contributed by atoms with van der Waals surface area (Å²) in [6.45, 7) is 18.1. The average Bonchev–Trinajstić information content (AvgIpc) is 3.38. The van der Waals surface area contributed by atoms with Gasteiger partial charge in [0.05, 0.1) is 11.5 Å². The molecule has 5 saturated carbocycles. The normalized spacial score (nSPS) is 44.4. The number of carboxylic acids is 1. The van der Waals surface area contributed by atoms with Gasteiger partial charge in [0, 0.05) is 11.5 Å². The molecule has 5 aliphatic carbocycles. The summed E-state index contributed by atoms with van der Waals surface area (Å²) in [5.41, 5.74) is 0.423. The van der Waals surface area contributed by atoms with Crippen LogP contribution in [0.4, 0.5) is 0 Å². The predicted molar refractivity (Wildman–Crippen MR) is 177 cm³/mol. The second-order valence-electron chi connectivity index (χ2n) is 17.2. The fourth-order valence-electron chi connectivity index (χ4n) is 12.8. The van der Waals surface area contributed by atoms with Gasteiger partial charge in [-0.05, 0) is 134 Å². The van der Waals surface area contributed by atoms with Gasteiger partial charge in [-0.25, -0.2) is 4.79 Å². The first-order chi connectivity index (χ1) is 21.4. The second-order valence-corrected chi connectivity index (χ2v) is 17.2. The first kappa shape index (κ1) is 33.1. The van der Waals surface area contributed by atoms with E-state index in [0.717, 1.165) is 56.9 Å². The van der Waals surface area contributed by atoms with Gasteiger partial charge in [0.15, 0.2) is 11.5 Å². The van der Waals surface area contributed by atoms with Crippen molar-refractivity contribution < 1.29 is 34.8 Å². The van der Waals surface area contributed by atoms with Crippen molar-refractivity contribution >= 4 is 18.0 Å². The lowest BCUT2D eigenvalue weighted by Crippen LogP contribution is -2.69. The molecule has 0 spiro atoms. The Morgan fingerprint density at radius 3 is 2.28 bits per heavy atom. The molecule has 0 aliphatic heterocycles. The number of ether oxygens (including phenoxy) is 1. The number of phenolic OH excluding ortho intramolecular Hbond substituents is 2. The van der Waals surface area contributed by atoms with Crippen LogP contribution in [-0.2, 0) is 14.3 Å². The van der Waals surface area contributed by atoms with E-state index in [1.165, 1.54) is 24.3 Å². The molecule has 0 aromatic heterocycles. The third kappa shape index (κ3) is 4.53. The number of rotatable bonds is 5. The van der Waals surface area contributed by atoms with E-state index < -0.39 is 35.0 Å². The quantitative estimate of drug-likeness (QED) is 0.113. The van der Waals surface area contributed by atoms with Gasteiger partial charge >= 0.3 is 11.9 Å². The van der Waals surface area contributed by atoms with Crippen molar-refractivity contribution in [3.05, 3.63) is 42.0 Å². The van der Waals surface area contributed by atoms with Gasteiger partial charge in [0.25, 0.3) is 0 Å². The summed E-state index contributed by atoms with van der Waals surface area (Å²) in [4.78, 5) is 26.0. The number of esters is 1. The van der Waals surface area contributed by atoms with Crippen molar-refractivity contribution in [2.75, 3.05) is 0 Å². The Kier molecular flexibility index (Phi) is 7.82. The average molecular weight is 635 g/mol. The highest BCUT2D eigenvalue weighted by molar-refractivity contribution is 5.87. The number of carbonyl (C=O) groups excluding carboxylic acids is 1. The molecule has 46 heavy (non-hydrogen) atoms. The van der Waals surface area contributed by atoms with E-state index in [4.69, 9.17) is 4.74 Å². The fourth-order valence-corrected chi connectivity index (χ4v) is 12.8. The van der Waals surface area contributed by atoms with Crippen molar-refractivity contribution in [1.29, 1.82) is 0 Å². The van der Waals surface area contributed by atoms with E-state index in [0.29, 0.717) is 23.8 Å². The number of aliphatic hydroxyl groups excluding tert-OH is 1. The number of aromatic hydroxyl groups is 2. The number of aliphatic hydroxyl groups is 1. The molecule has 5 aliphatic rings. The summed E-state index contributed by atoms with van der Waals surface area (Å²) >= 11 is 0. The molecule has 5 fully saturated rings. The monoisotopic (exact) mass is 634 g/mol. The number of allylic oxidation sites excluding steroid dienone is 1. The fraction of sp³-hybridized carbons (Fsp3) is 0.692. The van der Waals surface area contributed by atoms with Crippen molar-refractivity contribution in [1.82, 2.24) is 0 Å². The SMILES string of the molecule is C=C(C)C1CC[C@]2(C(=O)O)CC[C@]3(C)[C@H](CCC4[C@@]5(C)C[C@@H](O)[C@H](OC(=O)/C=C/c6ccc(O)c(O)c6)C(C)(C)C5CC[C@]43C)C12. The Labute approximate surface area is 274 Å². The number of carbonyl (C=O) groups is 2. The second kappa shape index (κ2) is 10.9. The number of hydrogen-bond donors (Lipinski definition) is 4. The summed E-state index contributed by atoms with van der Waals surface area (Å²) in [5, 5.41) is 41.8. The van der Waals surface area contributed by atoms with Crippen LogP contribution in [0.2, 0.25) is 0 Å². The van der Waals surface area contributed by atoms with Crippen LogP contribution < -0.4 is 0 Å². The molecular weight excluding hydrogens is 580 g/mol. The molecule has 7 heteroatoms. The van der Waals surface area contributed by atoms with E-state index in [1.807, 2.05) is 0 Å². The van der Waals surface area contributed by atoms with E-state index in [-0.39, 0.29) is 45.5 Å². The van der Waals surface area contributed by atoms with Crippen LogP contribution in [-0.4, -0.2) is 44.6 Å². The highest BCUT2D eigenvalue weighted by Crippen LogP contribution is 2.77. The Balaban J connectivity index is 1.26. The zero-order valence-corrected chi connectivity index (χ0v) is 28.5. The van der Waals surface area contributed by atoms with Crippen LogP contribution in [0.25, 0.3) is 6.08 Å². The zero-order chi connectivity index (χ0) is 33.6. The summed E-state index contributed by atoms with van der Waals surface area (Å²) in [6, 6.07) is 4.33. The maximum Gasteiger partial charge on any atom is 0.331 e. The minimum atomic E-state index is -0.812. The maximum absolute atomic E-state index is 13.0. The minimum absolute atomic E-state index is 0.00256. The summed E-state index contributed by atoms with van der Waals surface area (Å²) in [6.07, 6.45) is 9.31. The van der Waals surface area contributed by atoms with Crippen molar-refractivity contribution in [3.8, 4) is 11.5 Å². The van der Waals surface area contributed by atoms with Crippen LogP contribution in [0.1, 0.15) is 105 Å². The Morgan fingerprint density at radius 1 is 0.913 bits per heavy atom. The van der Waals surface area contributed by atoms with Gasteiger partial charge in [-0.1, -0.05) is 52.8 Å². The summed E-state index contributed by atoms with van der Waals surface area (Å²) in [5.74, 6) is -0.321. The molecule has 0 saturated heterocycles. The number of phenols is 2. The van der Waals surface area contributed by atoms with E-state index in [2.05, 4.69) is 48.1 Å². The largest absolute Gasteiger partial charge is 0.504 e. The van der Waals surface area contributed by atoms with Crippen molar-refractivity contribution in [2.24, 2.45) is 56.7 Å². The Morgan fingerprint density at radius 2 is 1.63 bits per heavy atom. The molecule has 6 rings (SSSR count). The number of aliphatic carboxylic acids is 1. The third-order valence-corrected chi connectivity index (χ3v) is 15.0. The molecule has 7 nitrogen and oxygen atoms in total. The smallest absolute Gasteiger partial charge is 0.331 e. The van der Waals surface area contributed by atoms with Crippen LogP contribution in [0.3, 0.4) is 0 Å². The zero-order valence-electron chi connectivity index (χ0n) is 28.5. The molecule has 4 unspecified atom stereocenters. The highest BCUT2D eigenvalue weighted by Gasteiger charge is 2.72. The molecule has 252 valence electrons. The highest BCUT2D eigenvalue weighted by atomic mass is 16.6. The molecule has 0 radical (unpaired) electrons. The minimum Gasteiger partial charge on any atom is -0.504 e. The van der Waals surface area contributed by atoms with Crippen LogP contribution in [0, 0.1) is 56.7 Å². The third-order valence-electron chi connectivity index (χ3n) is 15.0. The van der Waals surface area contributed by atoms with Crippen LogP contribution in [0.15, 0.2) is 36.4 Å². The summed E-state index contributed by atoms with van der Waals surface area (Å²) in [7, 11) is 0. The molecule has 0 amide bonds. The van der Waals surface area contributed by atoms with Crippen LogP contribution in [0.5, 0.6) is 11.5 Å². The van der Waals surface area contributed by atoms with Crippen LogP contribution >= 0.6 is 0 Å². The van der Waals surface area contributed by atoms with Gasteiger partial charge < -0.3 is 25.2 Å².